The molecule has 0 aromatic rings. The van der Waals surface area contributed by atoms with E-state index in [-0.39, 0.29) is 19.6 Å². The van der Waals surface area contributed by atoms with Crippen molar-refractivity contribution in [3.8, 4) is 0 Å². The van der Waals surface area contributed by atoms with E-state index in [0.29, 0.717) is 13.0 Å². The average molecular weight is 885 g/mol. The van der Waals surface area contributed by atoms with Crippen LogP contribution >= 0.6 is 0 Å². The molecule has 0 radical (unpaired) electrons. The van der Waals surface area contributed by atoms with Crippen LogP contribution in [0, 0.1) is 0 Å². The number of aliphatic hydroxyl groups is 3. The zero-order valence-corrected chi connectivity index (χ0v) is 38.5. The third-order valence-electron chi connectivity index (χ3n) is 10.4. The molecular weight excluding hydrogens is 801 g/mol. The number of carbonyl (C=O) groups is 1. The number of carbonyl (C=O) groups excluding carboxylic acids is 1. The van der Waals surface area contributed by atoms with Crippen LogP contribution in [0.3, 0.4) is 0 Å². The van der Waals surface area contributed by atoms with Crippen LogP contribution in [0.5, 0.6) is 0 Å². The smallest absolute Gasteiger partial charge is 0.397 e. The SMILES string of the molecule is CCCC/C=C\C/C=C\CCCCCCCCOCC(COC1OC(CO)C(O)C(OS(=O)(=O)O)C1O)OC(=O)CCCCCCCC/C=C\C/C=C\C/C=C\CCCCC. The predicted octanol–water partition coefficient (Wildman–Crippen LogP) is 10.1. The number of ether oxygens (including phenoxy) is 4. The second kappa shape index (κ2) is 39.4. The zero-order chi connectivity index (χ0) is 44.7. The first-order valence-electron chi connectivity index (χ1n) is 23.5. The van der Waals surface area contributed by atoms with Gasteiger partial charge in [0.1, 0.15) is 30.5 Å². The molecule has 4 N–H and O–H groups in total. The Morgan fingerprint density at radius 3 is 1.62 bits per heavy atom. The average Bonchev–Trinajstić information content (AvgIpc) is 3.23. The molecule has 1 aliphatic rings. The van der Waals surface area contributed by atoms with Gasteiger partial charge in [0.05, 0.1) is 19.8 Å². The fourth-order valence-corrected chi connectivity index (χ4v) is 7.26. The largest absolute Gasteiger partial charge is 0.457 e. The van der Waals surface area contributed by atoms with Crippen LogP contribution in [0.25, 0.3) is 0 Å². The summed E-state index contributed by atoms with van der Waals surface area (Å²) in [6.45, 7) is 3.87. The van der Waals surface area contributed by atoms with Gasteiger partial charge in [-0.15, -0.1) is 0 Å². The zero-order valence-electron chi connectivity index (χ0n) is 37.7. The first kappa shape index (κ1) is 56.8. The standard InChI is InChI=1S/C48H84O12S/c1-3-5-7-9-11-13-15-17-19-20-21-22-23-25-27-29-31-33-35-37-44(50)58-42(41-57-48-46(52)47(60-61(53,54)55)45(51)43(39-49)59-48)40-56-38-36-34-32-30-28-26-24-18-16-14-12-10-8-6-4-2/h10-13,16-19,21-22,42-43,45-49,51-52H,3-9,14-15,20,23-41H2,1-2H3,(H,53,54,55)/b12-10-,13-11-,18-16-,19-17-,22-21-. The molecule has 0 saturated carbocycles. The first-order chi connectivity index (χ1) is 29.6. The molecule has 13 heteroatoms. The molecule has 1 rings (SSSR count). The summed E-state index contributed by atoms with van der Waals surface area (Å²) in [7, 11) is -5.07. The summed E-state index contributed by atoms with van der Waals surface area (Å²) in [6, 6.07) is 0. The third kappa shape index (κ3) is 33.0. The van der Waals surface area contributed by atoms with Crippen LogP contribution in [-0.4, -0.2) is 97.5 Å². The Labute approximate surface area is 369 Å². The van der Waals surface area contributed by atoms with Crippen LogP contribution < -0.4 is 0 Å². The van der Waals surface area contributed by atoms with Crippen molar-refractivity contribution in [3.63, 3.8) is 0 Å². The highest BCUT2D eigenvalue weighted by atomic mass is 32.3. The molecule has 1 fully saturated rings. The van der Waals surface area contributed by atoms with E-state index in [9.17, 15) is 28.5 Å². The van der Waals surface area contributed by atoms with E-state index in [1.165, 1.54) is 51.4 Å². The molecule has 0 bridgehead atoms. The van der Waals surface area contributed by atoms with Crippen LogP contribution in [-0.2, 0) is 38.3 Å². The van der Waals surface area contributed by atoms with Crippen LogP contribution in [0.1, 0.15) is 174 Å². The van der Waals surface area contributed by atoms with E-state index in [4.69, 9.17) is 23.5 Å². The van der Waals surface area contributed by atoms with Gasteiger partial charge in [0.25, 0.3) is 0 Å². The fraction of sp³-hybridized carbons (Fsp3) is 0.771. The summed E-state index contributed by atoms with van der Waals surface area (Å²) >= 11 is 0. The Morgan fingerprint density at radius 1 is 0.623 bits per heavy atom. The molecule has 0 amide bonds. The van der Waals surface area contributed by atoms with Crippen LogP contribution in [0.4, 0.5) is 0 Å². The van der Waals surface area contributed by atoms with Crippen LogP contribution in [0.2, 0.25) is 0 Å². The van der Waals surface area contributed by atoms with E-state index >= 15 is 0 Å². The number of esters is 1. The maximum absolute atomic E-state index is 12.9. The first-order valence-corrected chi connectivity index (χ1v) is 24.9. The molecule has 1 aliphatic heterocycles. The number of hydrogen-bond donors (Lipinski definition) is 4. The molecule has 1 heterocycles. The lowest BCUT2D eigenvalue weighted by Gasteiger charge is -2.41. The van der Waals surface area contributed by atoms with Gasteiger partial charge in [-0.2, -0.15) is 8.42 Å². The van der Waals surface area contributed by atoms with Crippen molar-refractivity contribution in [2.24, 2.45) is 0 Å². The summed E-state index contributed by atoms with van der Waals surface area (Å²) in [6.07, 6.45) is 39.6. The van der Waals surface area contributed by atoms with Gasteiger partial charge in [0.15, 0.2) is 6.29 Å². The van der Waals surface area contributed by atoms with E-state index < -0.39 is 59.8 Å². The fourth-order valence-electron chi connectivity index (χ4n) is 6.75. The van der Waals surface area contributed by atoms with E-state index in [1.807, 2.05) is 0 Å². The normalized spacial score (nSPS) is 20.7. The molecule has 6 atom stereocenters. The van der Waals surface area contributed by atoms with Crippen molar-refractivity contribution in [1.82, 2.24) is 0 Å². The molecule has 354 valence electrons. The predicted molar refractivity (Wildman–Crippen MR) is 243 cm³/mol. The Balaban J connectivity index is 2.43. The lowest BCUT2D eigenvalue weighted by molar-refractivity contribution is -0.301. The second-order valence-corrected chi connectivity index (χ2v) is 17.0. The van der Waals surface area contributed by atoms with Gasteiger partial charge in [-0.05, 0) is 77.0 Å². The monoisotopic (exact) mass is 885 g/mol. The highest BCUT2D eigenvalue weighted by Gasteiger charge is 2.48. The second-order valence-electron chi connectivity index (χ2n) is 16.0. The topological polar surface area (TPSA) is 178 Å². The summed E-state index contributed by atoms with van der Waals surface area (Å²) in [4.78, 5) is 12.9. The van der Waals surface area contributed by atoms with Crippen molar-refractivity contribution in [3.05, 3.63) is 60.8 Å². The van der Waals surface area contributed by atoms with Gasteiger partial charge in [-0.3, -0.25) is 9.35 Å². The maximum atomic E-state index is 12.9. The summed E-state index contributed by atoms with van der Waals surface area (Å²) in [5.41, 5.74) is 0. The molecule has 0 aromatic heterocycles. The van der Waals surface area contributed by atoms with Gasteiger partial charge in [0, 0.05) is 13.0 Å². The number of unbranched alkanes of at least 4 members (excludes halogenated alkanes) is 17. The van der Waals surface area contributed by atoms with Crippen molar-refractivity contribution in [1.29, 1.82) is 0 Å². The third-order valence-corrected chi connectivity index (χ3v) is 10.8. The van der Waals surface area contributed by atoms with Crippen molar-refractivity contribution in [2.45, 2.75) is 211 Å². The molecule has 0 spiro atoms. The number of aliphatic hydroxyl groups excluding tert-OH is 3. The van der Waals surface area contributed by atoms with Gasteiger partial charge >= 0.3 is 16.4 Å². The Bertz CT molecular complexity index is 1300. The maximum Gasteiger partial charge on any atom is 0.397 e. The van der Waals surface area contributed by atoms with Crippen molar-refractivity contribution >= 4 is 16.4 Å². The minimum Gasteiger partial charge on any atom is -0.457 e. The molecule has 12 nitrogen and oxygen atoms in total. The molecule has 0 aromatic carbocycles. The molecule has 0 aliphatic carbocycles. The summed E-state index contributed by atoms with van der Waals surface area (Å²) in [5, 5.41) is 30.7. The number of allylic oxidation sites excluding steroid dienone is 10. The lowest BCUT2D eigenvalue weighted by Crippen LogP contribution is -2.60. The summed E-state index contributed by atoms with van der Waals surface area (Å²) < 4.78 is 59.1. The van der Waals surface area contributed by atoms with Gasteiger partial charge in [0.2, 0.25) is 0 Å². The van der Waals surface area contributed by atoms with E-state index in [0.717, 1.165) is 96.3 Å². The molecule has 1 saturated heterocycles. The van der Waals surface area contributed by atoms with Gasteiger partial charge in [-0.1, -0.05) is 152 Å². The quantitative estimate of drug-likeness (QED) is 0.0198. The number of hydrogen-bond acceptors (Lipinski definition) is 11. The number of rotatable bonds is 40. The minimum absolute atomic E-state index is 0.0208. The molecular formula is C48H84O12S. The van der Waals surface area contributed by atoms with E-state index in [1.54, 1.807) is 0 Å². The van der Waals surface area contributed by atoms with Crippen molar-refractivity contribution < 1.29 is 56.2 Å². The Morgan fingerprint density at radius 2 is 1.10 bits per heavy atom. The molecule has 6 unspecified atom stereocenters. The van der Waals surface area contributed by atoms with Crippen LogP contribution in [0.15, 0.2) is 60.8 Å². The lowest BCUT2D eigenvalue weighted by atomic mass is 9.99. The Hall–Kier alpha value is -2.20. The highest BCUT2D eigenvalue weighted by Crippen LogP contribution is 2.26. The Kier molecular flexibility index (Phi) is 36.7. The van der Waals surface area contributed by atoms with Crippen molar-refractivity contribution in [2.75, 3.05) is 26.4 Å². The highest BCUT2D eigenvalue weighted by molar-refractivity contribution is 7.80. The van der Waals surface area contributed by atoms with E-state index in [2.05, 4.69) is 78.8 Å². The minimum atomic E-state index is -5.07. The van der Waals surface area contributed by atoms with Gasteiger partial charge < -0.3 is 34.3 Å². The summed E-state index contributed by atoms with van der Waals surface area (Å²) in [5.74, 6) is -0.418. The molecule has 61 heavy (non-hydrogen) atoms. The van der Waals surface area contributed by atoms with Gasteiger partial charge in [-0.25, -0.2) is 4.18 Å².